The van der Waals surface area contributed by atoms with Crippen LogP contribution in [0.25, 0.3) is 5.69 Å². The molecule has 0 saturated heterocycles. The topological polar surface area (TPSA) is 60.0 Å². The van der Waals surface area contributed by atoms with Crippen molar-refractivity contribution in [1.29, 1.82) is 0 Å². The van der Waals surface area contributed by atoms with E-state index in [0.717, 1.165) is 16.8 Å². The predicted octanol–water partition coefficient (Wildman–Crippen LogP) is 4.09. The minimum absolute atomic E-state index is 0.210. The number of benzene rings is 2. The number of anilines is 1. The Morgan fingerprint density at radius 3 is 2.50 bits per heavy atom. The van der Waals surface area contributed by atoms with Gasteiger partial charge in [-0.1, -0.05) is 59.4 Å². The number of aryl methyl sites for hydroxylation is 1. The molecule has 0 aliphatic carbocycles. The number of amides is 1. The molecular weight excluding hydrogens is 338 g/mol. The number of nitrogens with two attached hydrogens (primary N) is 1. The molecule has 0 radical (unpaired) electrons. The number of rotatable bonds is 4. The lowest BCUT2D eigenvalue weighted by Crippen LogP contribution is -2.23. The second kappa shape index (κ2) is 6.98. The molecule has 4 nitrogen and oxygen atoms in total. The third-order valence-electron chi connectivity index (χ3n) is 3.64. The average molecular weight is 355 g/mol. The monoisotopic (exact) mass is 355 g/mol. The summed E-state index contributed by atoms with van der Waals surface area (Å²) < 4.78 is 2.29. The highest BCUT2D eigenvalue weighted by Crippen LogP contribution is 2.26. The summed E-state index contributed by atoms with van der Waals surface area (Å²) >= 11 is 6.62. The molecule has 3 aromatic rings. The summed E-state index contributed by atoms with van der Waals surface area (Å²) in [4.78, 5) is 12.9. The Balaban J connectivity index is 1.84. The second-order valence-electron chi connectivity index (χ2n) is 5.42. The van der Waals surface area contributed by atoms with Crippen molar-refractivity contribution in [3.05, 3.63) is 74.6 Å². The van der Waals surface area contributed by atoms with Gasteiger partial charge in [-0.05, 0) is 36.8 Å². The highest BCUT2D eigenvalue weighted by atomic mass is 32.1. The van der Waals surface area contributed by atoms with Crippen LogP contribution in [0.4, 0.5) is 5.82 Å². The van der Waals surface area contributed by atoms with Crippen LogP contribution >= 0.6 is 23.6 Å². The number of hydrogen-bond acceptors (Lipinski definition) is 4. The van der Waals surface area contributed by atoms with E-state index >= 15 is 0 Å². The second-order valence-corrected chi connectivity index (χ2v) is 7.07. The summed E-state index contributed by atoms with van der Waals surface area (Å²) in [6, 6.07) is 17.6. The molecule has 122 valence electrons. The fraction of sp³-hybridized carbons (Fsp3) is 0.111. The summed E-state index contributed by atoms with van der Waals surface area (Å²) in [6.07, 6.45) is 0. The zero-order valence-electron chi connectivity index (χ0n) is 13.2. The standard InChI is InChI=1S/C18H17N3OS2/c1-12-7-9-14(10-8-12)21-16(19)15(24-18(21)23)17(22)20-11-13-5-3-2-4-6-13/h2-10H,11,19H2,1H3,(H,20,22). The maximum absolute atomic E-state index is 12.4. The van der Waals surface area contributed by atoms with Crippen molar-refractivity contribution in [1.82, 2.24) is 9.88 Å². The van der Waals surface area contributed by atoms with Gasteiger partial charge in [0.1, 0.15) is 10.7 Å². The molecule has 0 aliphatic rings. The number of aromatic nitrogens is 1. The van der Waals surface area contributed by atoms with Gasteiger partial charge < -0.3 is 11.1 Å². The van der Waals surface area contributed by atoms with E-state index in [-0.39, 0.29) is 5.91 Å². The van der Waals surface area contributed by atoms with Gasteiger partial charge in [-0.15, -0.1) is 0 Å². The molecule has 3 rings (SSSR count). The fourth-order valence-corrected chi connectivity index (χ4v) is 3.63. The van der Waals surface area contributed by atoms with Gasteiger partial charge in [0.15, 0.2) is 3.95 Å². The van der Waals surface area contributed by atoms with Crippen LogP contribution in [0, 0.1) is 10.9 Å². The number of nitrogens with one attached hydrogen (secondary N) is 1. The normalized spacial score (nSPS) is 10.5. The molecule has 1 heterocycles. The number of hydrogen-bond donors (Lipinski definition) is 2. The first-order valence-electron chi connectivity index (χ1n) is 7.47. The van der Waals surface area contributed by atoms with E-state index in [1.807, 2.05) is 61.5 Å². The van der Waals surface area contributed by atoms with Crippen molar-refractivity contribution < 1.29 is 4.79 Å². The lowest BCUT2D eigenvalue weighted by atomic mass is 10.2. The lowest BCUT2D eigenvalue weighted by Gasteiger charge is -2.07. The fourth-order valence-electron chi connectivity index (χ4n) is 2.34. The molecule has 24 heavy (non-hydrogen) atoms. The van der Waals surface area contributed by atoms with Crippen molar-refractivity contribution in [3.63, 3.8) is 0 Å². The van der Waals surface area contributed by atoms with E-state index in [2.05, 4.69) is 5.32 Å². The number of carbonyl (C=O) groups excluding carboxylic acids is 1. The molecule has 2 aromatic carbocycles. The third kappa shape index (κ3) is 3.39. The summed E-state index contributed by atoms with van der Waals surface area (Å²) in [6.45, 7) is 2.47. The zero-order chi connectivity index (χ0) is 17.1. The van der Waals surface area contributed by atoms with Crippen molar-refractivity contribution >= 4 is 35.3 Å². The molecule has 0 spiro atoms. The summed E-state index contributed by atoms with van der Waals surface area (Å²) in [7, 11) is 0. The molecule has 0 atom stereocenters. The molecular formula is C18H17N3OS2. The molecule has 0 saturated carbocycles. The van der Waals surface area contributed by atoms with E-state index < -0.39 is 0 Å². The van der Waals surface area contributed by atoms with Crippen LogP contribution in [-0.4, -0.2) is 10.5 Å². The molecule has 1 amide bonds. The highest BCUT2D eigenvalue weighted by Gasteiger charge is 2.17. The van der Waals surface area contributed by atoms with Crippen molar-refractivity contribution in [2.24, 2.45) is 0 Å². The Hall–Kier alpha value is -2.44. The number of carbonyl (C=O) groups is 1. The maximum Gasteiger partial charge on any atom is 0.265 e. The largest absolute Gasteiger partial charge is 0.383 e. The molecule has 0 unspecified atom stereocenters. The van der Waals surface area contributed by atoms with Crippen LogP contribution < -0.4 is 11.1 Å². The number of nitrogen functional groups attached to an aromatic ring is 1. The van der Waals surface area contributed by atoms with Gasteiger partial charge >= 0.3 is 0 Å². The van der Waals surface area contributed by atoms with Gasteiger partial charge in [0.2, 0.25) is 0 Å². The van der Waals surface area contributed by atoms with Crippen LogP contribution in [0.1, 0.15) is 20.8 Å². The minimum atomic E-state index is -0.210. The zero-order valence-corrected chi connectivity index (χ0v) is 14.8. The summed E-state index contributed by atoms with van der Waals surface area (Å²) in [5.74, 6) is 0.165. The van der Waals surface area contributed by atoms with Crippen LogP contribution in [0.5, 0.6) is 0 Å². The quantitative estimate of drug-likeness (QED) is 0.693. The number of thiazole rings is 1. The SMILES string of the molecule is Cc1ccc(-n2c(N)c(C(=O)NCc3ccccc3)sc2=S)cc1. The average Bonchev–Trinajstić information content (AvgIpc) is 2.89. The minimum Gasteiger partial charge on any atom is -0.383 e. The van der Waals surface area contributed by atoms with Crippen LogP contribution in [-0.2, 0) is 6.54 Å². The lowest BCUT2D eigenvalue weighted by molar-refractivity contribution is 0.0955. The van der Waals surface area contributed by atoms with Gasteiger partial charge in [-0.2, -0.15) is 0 Å². The Morgan fingerprint density at radius 2 is 1.83 bits per heavy atom. The third-order valence-corrected chi connectivity index (χ3v) is 5.03. The Kier molecular flexibility index (Phi) is 4.78. The smallest absolute Gasteiger partial charge is 0.265 e. The van der Waals surface area contributed by atoms with Gasteiger partial charge in [0, 0.05) is 12.2 Å². The molecule has 0 bridgehead atoms. The Bertz CT molecular complexity index is 912. The molecule has 0 fully saturated rings. The van der Waals surface area contributed by atoms with Gasteiger partial charge in [0.25, 0.3) is 5.91 Å². The summed E-state index contributed by atoms with van der Waals surface area (Å²) in [5.41, 5.74) is 9.24. The molecule has 0 aliphatic heterocycles. The van der Waals surface area contributed by atoms with Crippen molar-refractivity contribution in [3.8, 4) is 5.69 Å². The van der Waals surface area contributed by atoms with Gasteiger partial charge in [0.05, 0.1) is 0 Å². The van der Waals surface area contributed by atoms with Crippen LogP contribution in [0.3, 0.4) is 0 Å². The van der Waals surface area contributed by atoms with Gasteiger partial charge in [-0.25, -0.2) is 0 Å². The number of nitrogens with zero attached hydrogens (tertiary/aromatic N) is 1. The highest BCUT2D eigenvalue weighted by molar-refractivity contribution is 7.73. The molecule has 6 heteroatoms. The summed E-state index contributed by atoms with van der Waals surface area (Å²) in [5, 5.41) is 2.89. The predicted molar refractivity (Wildman–Crippen MR) is 101 cm³/mol. The van der Waals surface area contributed by atoms with E-state index in [9.17, 15) is 4.79 Å². The van der Waals surface area contributed by atoms with Crippen molar-refractivity contribution in [2.75, 3.05) is 5.73 Å². The first-order valence-corrected chi connectivity index (χ1v) is 8.69. The molecule has 3 N–H and O–H groups in total. The maximum atomic E-state index is 12.4. The van der Waals surface area contributed by atoms with Gasteiger partial charge in [-0.3, -0.25) is 9.36 Å². The van der Waals surface area contributed by atoms with Crippen LogP contribution in [0.15, 0.2) is 54.6 Å². The van der Waals surface area contributed by atoms with E-state index in [1.54, 1.807) is 4.57 Å². The Morgan fingerprint density at radius 1 is 1.17 bits per heavy atom. The molecule has 1 aromatic heterocycles. The van der Waals surface area contributed by atoms with E-state index in [4.69, 9.17) is 18.0 Å². The Labute approximate surface area is 149 Å². The van der Waals surface area contributed by atoms with Crippen molar-refractivity contribution in [2.45, 2.75) is 13.5 Å². The first kappa shape index (κ1) is 16.4. The van der Waals surface area contributed by atoms with E-state index in [0.29, 0.717) is 21.2 Å². The first-order chi connectivity index (χ1) is 11.6. The van der Waals surface area contributed by atoms with Crippen LogP contribution in [0.2, 0.25) is 0 Å². The van der Waals surface area contributed by atoms with E-state index in [1.165, 1.54) is 11.3 Å².